The number of benzene rings is 1. The monoisotopic (exact) mass is 376 g/mol. The third-order valence-electron chi connectivity index (χ3n) is 3.01. The number of carbonyl (C=O) groups excluding carboxylic acids is 1. The van der Waals surface area contributed by atoms with E-state index in [1.165, 1.54) is 3.57 Å². The van der Waals surface area contributed by atoms with Crippen LogP contribution < -0.4 is 10.5 Å². The van der Waals surface area contributed by atoms with E-state index in [1.807, 2.05) is 31.2 Å². The summed E-state index contributed by atoms with van der Waals surface area (Å²) in [5.74, 6) is 0.959. The molecule has 1 aromatic rings. The molecular formula is C14H21IN2O2. The molecule has 1 rings (SSSR count). The number of nitrogens with zero attached hydrogens (tertiary/aromatic N) is 1. The molecule has 1 atom stereocenters. The molecule has 0 fully saturated rings. The van der Waals surface area contributed by atoms with Gasteiger partial charge in [-0.05, 0) is 60.2 Å². The van der Waals surface area contributed by atoms with Crippen molar-refractivity contribution < 1.29 is 9.53 Å². The summed E-state index contributed by atoms with van der Waals surface area (Å²) in [6.07, 6.45) is 1.21. The lowest BCUT2D eigenvalue weighted by Crippen LogP contribution is -2.39. The lowest BCUT2D eigenvalue weighted by Gasteiger charge is -2.23. The van der Waals surface area contributed by atoms with Crippen molar-refractivity contribution in [2.24, 2.45) is 5.73 Å². The van der Waals surface area contributed by atoms with Gasteiger partial charge in [-0.2, -0.15) is 0 Å². The molecule has 0 radical (unpaired) electrons. The van der Waals surface area contributed by atoms with Gasteiger partial charge in [0, 0.05) is 29.6 Å². The molecule has 5 heteroatoms. The fourth-order valence-corrected chi connectivity index (χ4v) is 1.88. The Labute approximate surface area is 128 Å². The molecule has 1 amide bonds. The highest BCUT2D eigenvalue weighted by molar-refractivity contribution is 14.1. The maximum absolute atomic E-state index is 11.8. The Morgan fingerprint density at radius 1 is 1.42 bits per heavy atom. The highest BCUT2D eigenvalue weighted by atomic mass is 127. The minimum Gasteiger partial charge on any atom is -0.494 e. The zero-order valence-electron chi connectivity index (χ0n) is 11.4. The fraction of sp³-hybridized carbons (Fsp3) is 0.500. The molecule has 0 saturated heterocycles. The van der Waals surface area contributed by atoms with E-state index in [1.54, 1.807) is 11.9 Å². The largest absolute Gasteiger partial charge is 0.494 e. The van der Waals surface area contributed by atoms with Crippen LogP contribution in [-0.4, -0.2) is 37.0 Å². The maximum Gasteiger partial charge on any atom is 0.222 e. The Morgan fingerprint density at radius 3 is 2.63 bits per heavy atom. The van der Waals surface area contributed by atoms with Crippen molar-refractivity contribution in [1.82, 2.24) is 4.90 Å². The number of hydrogen-bond acceptors (Lipinski definition) is 3. The molecule has 0 aliphatic carbocycles. The molecule has 0 aromatic heterocycles. The molecule has 0 saturated carbocycles. The molecule has 0 heterocycles. The van der Waals surface area contributed by atoms with Gasteiger partial charge < -0.3 is 15.4 Å². The second-order valence-electron chi connectivity index (χ2n) is 4.50. The van der Waals surface area contributed by atoms with Crippen LogP contribution >= 0.6 is 22.6 Å². The Bertz CT molecular complexity index is 395. The van der Waals surface area contributed by atoms with Gasteiger partial charge in [0.1, 0.15) is 5.75 Å². The van der Waals surface area contributed by atoms with Gasteiger partial charge in [-0.3, -0.25) is 4.79 Å². The van der Waals surface area contributed by atoms with E-state index >= 15 is 0 Å². The number of carbonyl (C=O) groups is 1. The van der Waals surface area contributed by atoms with Crippen LogP contribution in [0.25, 0.3) is 0 Å². The average molecular weight is 376 g/mol. The van der Waals surface area contributed by atoms with Crippen LogP contribution in [0.3, 0.4) is 0 Å². The Balaban J connectivity index is 2.23. The molecule has 2 N–H and O–H groups in total. The topological polar surface area (TPSA) is 55.6 Å². The van der Waals surface area contributed by atoms with Gasteiger partial charge in [-0.25, -0.2) is 0 Å². The van der Waals surface area contributed by atoms with Crippen LogP contribution in [0.15, 0.2) is 24.3 Å². The number of amides is 1. The second-order valence-corrected chi connectivity index (χ2v) is 5.74. The van der Waals surface area contributed by atoms with Crippen LogP contribution in [-0.2, 0) is 4.79 Å². The number of nitrogens with two attached hydrogens (primary N) is 1. The third-order valence-corrected chi connectivity index (χ3v) is 3.73. The van der Waals surface area contributed by atoms with E-state index in [0.717, 1.165) is 5.75 Å². The number of halogens is 1. The van der Waals surface area contributed by atoms with Gasteiger partial charge in [0.25, 0.3) is 0 Å². The fourth-order valence-electron chi connectivity index (χ4n) is 1.52. The predicted octanol–water partition coefficient (Wildman–Crippen LogP) is 2.26. The summed E-state index contributed by atoms with van der Waals surface area (Å²) in [5, 5.41) is 0. The summed E-state index contributed by atoms with van der Waals surface area (Å²) < 4.78 is 6.76. The zero-order valence-corrected chi connectivity index (χ0v) is 13.6. The molecule has 0 bridgehead atoms. The summed E-state index contributed by atoms with van der Waals surface area (Å²) in [5.41, 5.74) is 5.53. The quantitative estimate of drug-likeness (QED) is 0.587. The molecule has 1 aromatic carbocycles. The van der Waals surface area contributed by atoms with Crippen LogP contribution in [0, 0.1) is 3.57 Å². The van der Waals surface area contributed by atoms with Gasteiger partial charge in [-0.1, -0.05) is 0 Å². The van der Waals surface area contributed by atoms with Crippen LogP contribution in [0.5, 0.6) is 5.75 Å². The van der Waals surface area contributed by atoms with E-state index in [-0.39, 0.29) is 11.9 Å². The predicted molar refractivity (Wildman–Crippen MR) is 85.2 cm³/mol. The zero-order chi connectivity index (χ0) is 14.3. The van der Waals surface area contributed by atoms with Crippen molar-refractivity contribution in [3.63, 3.8) is 0 Å². The molecule has 0 spiro atoms. The molecule has 19 heavy (non-hydrogen) atoms. The van der Waals surface area contributed by atoms with Crippen LogP contribution in [0.4, 0.5) is 0 Å². The van der Waals surface area contributed by atoms with Crippen molar-refractivity contribution in [2.45, 2.75) is 25.8 Å². The van der Waals surface area contributed by atoms with Gasteiger partial charge in [0.15, 0.2) is 0 Å². The van der Waals surface area contributed by atoms with Crippen molar-refractivity contribution in [3.05, 3.63) is 27.8 Å². The SMILES string of the molecule is CC(CN)N(C)C(=O)CCCOc1ccc(I)cc1. The van der Waals surface area contributed by atoms with Crippen LogP contribution in [0.2, 0.25) is 0 Å². The number of likely N-dealkylation sites (N-methyl/N-ethyl adjacent to an activating group) is 1. The van der Waals surface area contributed by atoms with E-state index in [2.05, 4.69) is 22.6 Å². The standard InChI is InChI=1S/C14H21IN2O2/c1-11(10-16)17(2)14(18)4-3-9-19-13-7-5-12(15)6-8-13/h5-8,11H,3-4,9-10,16H2,1-2H3. The first-order chi connectivity index (χ1) is 9.04. The van der Waals surface area contributed by atoms with E-state index in [4.69, 9.17) is 10.5 Å². The average Bonchev–Trinajstić information content (AvgIpc) is 2.43. The van der Waals surface area contributed by atoms with Gasteiger partial charge in [0.2, 0.25) is 5.91 Å². The minimum atomic E-state index is 0.0876. The summed E-state index contributed by atoms with van der Waals surface area (Å²) in [4.78, 5) is 13.5. The van der Waals surface area contributed by atoms with Crippen molar-refractivity contribution in [3.8, 4) is 5.75 Å². The first-order valence-electron chi connectivity index (χ1n) is 6.38. The van der Waals surface area contributed by atoms with Crippen LogP contribution in [0.1, 0.15) is 19.8 Å². The summed E-state index contributed by atoms with van der Waals surface area (Å²) in [6.45, 7) is 2.98. The summed E-state index contributed by atoms with van der Waals surface area (Å²) >= 11 is 2.25. The molecule has 106 valence electrons. The molecule has 4 nitrogen and oxygen atoms in total. The van der Waals surface area contributed by atoms with Crippen molar-refractivity contribution >= 4 is 28.5 Å². The highest BCUT2D eigenvalue weighted by Gasteiger charge is 2.13. The van der Waals surface area contributed by atoms with Crippen molar-refractivity contribution in [1.29, 1.82) is 0 Å². The smallest absolute Gasteiger partial charge is 0.222 e. The first-order valence-corrected chi connectivity index (χ1v) is 7.46. The second kappa shape index (κ2) is 8.37. The lowest BCUT2D eigenvalue weighted by molar-refractivity contribution is -0.131. The normalized spacial score (nSPS) is 12.0. The molecule has 0 aliphatic rings. The van der Waals surface area contributed by atoms with Gasteiger partial charge >= 0.3 is 0 Å². The highest BCUT2D eigenvalue weighted by Crippen LogP contribution is 2.13. The van der Waals surface area contributed by atoms with E-state index < -0.39 is 0 Å². The number of rotatable bonds is 7. The minimum absolute atomic E-state index is 0.0876. The Hall–Kier alpha value is -0.820. The van der Waals surface area contributed by atoms with Crippen molar-refractivity contribution in [2.75, 3.05) is 20.2 Å². The molecular weight excluding hydrogens is 355 g/mol. The summed E-state index contributed by atoms with van der Waals surface area (Å²) in [7, 11) is 1.79. The molecule has 1 unspecified atom stereocenters. The third kappa shape index (κ3) is 5.78. The van der Waals surface area contributed by atoms with Gasteiger partial charge in [0.05, 0.1) is 6.61 Å². The number of ether oxygens (including phenoxy) is 1. The first kappa shape index (κ1) is 16.2. The summed E-state index contributed by atoms with van der Waals surface area (Å²) in [6, 6.07) is 7.96. The lowest BCUT2D eigenvalue weighted by atomic mass is 10.2. The Morgan fingerprint density at radius 2 is 2.05 bits per heavy atom. The van der Waals surface area contributed by atoms with E-state index in [0.29, 0.717) is 26.0 Å². The van der Waals surface area contributed by atoms with E-state index in [9.17, 15) is 4.79 Å². The number of hydrogen-bond donors (Lipinski definition) is 1. The Kier molecular flexibility index (Phi) is 7.15. The maximum atomic E-state index is 11.8. The van der Waals surface area contributed by atoms with Gasteiger partial charge in [-0.15, -0.1) is 0 Å². The molecule has 0 aliphatic heterocycles.